The van der Waals surface area contributed by atoms with Crippen molar-refractivity contribution in [2.75, 3.05) is 18.0 Å². The molecule has 29 heavy (non-hydrogen) atoms. The standard InChI is InChI=1S/C21H18FN7/c22-14-3-1-13(2-4-14)20-26-17-5-6-19(28-11-15-9-16(28)10-24-15)27-21(17)29(20)18-7-8-23-12-25-18/h1-8,12,15-16,24H,9-11H2/t15-,16-/m1/s1. The molecule has 7 nitrogen and oxygen atoms in total. The first-order chi connectivity index (χ1) is 14.3. The lowest BCUT2D eigenvalue weighted by atomic mass is 10.2. The Kier molecular flexibility index (Phi) is 3.60. The molecule has 5 heterocycles. The first kappa shape index (κ1) is 16.6. The van der Waals surface area contributed by atoms with Crippen molar-refractivity contribution in [2.45, 2.75) is 18.5 Å². The van der Waals surface area contributed by atoms with Crippen molar-refractivity contribution in [1.82, 2.24) is 29.8 Å². The Labute approximate surface area is 166 Å². The van der Waals surface area contributed by atoms with E-state index < -0.39 is 0 Å². The number of pyridine rings is 1. The van der Waals surface area contributed by atoms with Crippen LogP contribution in [-0.2, 0) is 0 Å². The Bertz CT molecular complexity index is 1190. The third-order valence-electron chi connectivity index (χ3n) is 5.74. The summed E-state index contributed by atoms with van der Waals surface area (Å²) in [6.07, 6.45) is 4.35. The van der Waals surface area contributed by atoms with Gasteiger partial charge in [0.2, 0.25) is 0 Å². The number of anilines is 1. The molecule has 6 rings (SSSR count). The first-order valence-corrected chi connectivity index (χ1v) is 9.68. The van der Waals surface area contributed by atoms with Gasteiger partial charge in [0.1, 0.15) is 35.1 Å². The minimum absolute atomic E-state index is 0.281. The molecule has 0 spiro atoms. The maximum absolute atomic E-state index is 13.5. The molecule has 4 aromatic rings. The van der Waals surface area contributed by atoms with E-state index in [0.717, 1.165) is 42.1 Å². The Balaban J connectivity index is 1.55. The summed E-state index contributed by atoms with van der Waals surface area (Å²) in [5.41, 5.74) is 2.31. The van der Waals surface area contributed by atoms with E-state index in [0.29, 0.717) is 23.7 Å². The van der Waals surface area contributed by atoms with Crippen LogP contribution < -0.4 is 10.2 Å². The van der Waals surface area contributed by atoms with Gasteiger partial charge in [-0.05, 0) is 48.9 Å². The number of hydrogen-bond donors (Lipinski definition) is 1. The fourth-order valence-corrected chi connectivity index (χ4v) is 4.37. The predicted molar refractivity (Wildman–Crippen MR) is 107 cm³/mol. The average Bonchev–Trinajstić information content (AvgIpc) is 3.48. The van der Waals surface area contributed by atoms with Crippen molar-refractivity contribution in [3.63, 3.8) is 0 Å². The average molecular weight is 387 g/mol. The zero-order chi connectivity index (χ0) is 19.4. The van der Waals surface area contributed by atoms with Crippen molar-refractivity contribution in [3.8, 4) is 17.2 Å². The minimum Gasteiger partial charge on any atom is -0.351 e. The molecule has 2 atom stereocenters. The summed E-state index contributed by atoms with van der Waals surface area (Å²) in [6.45, 7) is 1.96. The van der Waals surface area contributed by atoms with Gasteiger partial charge in [-0.15, -0.1) is 0 Å². The van der Waals surface area contributed by atoms with E-state index in [1.165, 1.54) is 18.5 Å². The van der Waals surface area contributed by atoms with Crippen LogP contribution in [0.5, 0.6) is 0 Å². The van der Waals surface area contributed by atoms with Crippen molar-refractivity contribution >= 4 is 17.0 Å². The van der Waals surface area contributed by atoms with Crippen LogP contribution in [0.2, 0.25) is 0 Å². The van der Waals surface area contributed by atoms with E-state index in [1.54, 1.807) is 18.3 Å². The minimum atomic E-state index is -0.281. The SMILES string of the molecule is Fc1ccc(-c2nc3ccc(N4C[C@H]5C[C@@H]4CN5)nc3n2-c2ccncn2)cc1. The van der Waals surface area contributed by atoms with Crippen LogP contribution in [-0.4, -0.2) is 49.7 Å². The topological polar surface area (TPSA) is 71.8 Å². The van der Waals surface area contributed by atoms with Gasteiger partial charge in [0.05, 0.1) is 0 Å². The summed E-state index contributed by atoms with van der Waals surface area (Å²) in [7, 11) is 0. The van der Waals surface area contributed by atoms with Gasteiger partial charge in [0.25, 0.3) is 0 Å². The highest BCUT2D eigenvalue weighted by atomic mass is 19.1. The molecule has 2 saturated heterocycles. The predicted octanol–water partition coefficient (Wildman–Crippen LogP) is 2.57. The fraction of sp³-hybridized carbons (Fsp3) is 0.238. The largest absolute Gasteiger partial charge is 0.351 e. The maximum atomic E-state index is 13.5. The van der Waals surface area contributed by atoms with Crippen molar-refractivity contribution in [1.29, 1.82) is 0 Å². The molecule has 0 aliphatic carbocycles. The third-order valence-corrected chi connectivity index (χ3v) is 5.74. The van der Waals surface area contributed by atoms with E-state index in [2.05, 4.69) is 20.2 Å². The number of halogens is 1. The number of nitrogens with one attached hydrogen (secondary N) is 1. The van der Waals surface area contributed by atoms with Crippen molar-refractivity contribution < 1.29 is 4.39 Å². The van der Waals surface area contributed by atoms with Crippen LogP contribution in [0.3, 0.4) is 0 Å². The van der Waals surface area contributed by atoms with Gasteiger partial charge in [-0.2, -0.15) is 0 Å². The van der Waals surface area contributed by atoms with E-state index in [4.69, 9.17) is 9.97 Å². The molecule has 2 fully saturated rings. The quantitative estimate of drug-likeness (QED) is 0.583. The smallest absolute Gasteiger partial charge is 0.168 e. The lowest BCUT2D eigenvalue weighted by molar-refractivity contribution is 0.577. The highest BCUT2D eigenvalue weighted by Gasteiger charge is 2.38. The van der Waals surface area contributed by atoms with Crippen molar-refractivity contribution in [3.05, 3.63) is 60.8 Å². The summed E-state index contributed by atoms with van der Waals surface area (Å²) in [5, 5.41) is 3.53. The lowest BCUT2D eigenvalue weighted by Crippen LogP contribution is -2.44. The molecule has 2 bridgehead atoms. The Morgan fingerprint density at radius 2 is 1.90 bits per heavy atom. The van der Waals surface area contributed by atoms with E-state index in [1.807, 2.05) is 22.8 Å². The first-order valence-electron chi connectivity index (χ1n) is 9.68. The highest BCUT2D eigenvalue weighted by Crippen LogP contribution is 2.32. The Morgan fingerprint density at radius 1 is 1.00 bits per heavy atom. The van der Waals surface area contributed by atoms with Gasteiger partial charge in [-0.25, -0.2) is 24.3 Å². The van der Waals surface area contributed by atoms with Gasteiger partial charge in [-0.1, -0.05) is 0 Å². The molecule has 1 aromatic carbocycles. The van der Waals surface area contributed by atoms with Gasteiger partial charge < -0.3 is 10.2 Å². The van der Waals surface area contributed by atoms with Crippen LogP contribution in [0.1, 0.15) is 6.42 Å². The molecule has 3 aromatic heterocycles. The second kappa shape index (κ2) is 6.31. The second-order valence-corrected chi connectivity index (χ2v) is 7.50. The zero-order valence-corrected chi connectivity index (χ0v) is 15.5. The lowest BCUT2D eigenvalue weighted by Gasteiger charge is -2.28. The summed E-state index contributed by atoms with van der Waals surface area (Å²) >= 11 is 0. The molecule has 144 valence electrons. The van der Waals surface area contributed by atoms with Crippen LogP contribution in [0.4, 0.5) is 10.2 Å². The number of imidazole rings is 1. The Morgan fingerprint density at radius 3 is 2.62 bits per heavy atom. The van der Waals surface area contributed by atoms with Gasteiger partial charge in [-0.3, -0.25) is 4.57 Å². The van der Waals surface area contributed by atoms with Crippen LogP contribution in [0, 0.1) is 5.82 Å². The normalized spacial score (nSPS) is 20.7. The summed E-state index contributed by atoms with van der Waals surface area (Å²) in [4.78, 5) is 20.6. The fourth-order valence-electron chi connectivity index (χ4n) is 4.37. The molecular weight excluding hydrogens is 369 g/mol. The molecule has 0 radical (unpaired) electrons. The van der Waals surface area contributed by atoms with E-state index >= 15 is 0 Å². The molecule has 0 amide bonds. The molecular formula is C21H18FN7. The van der Waals surface area contributed by atoms with Crippen LogP contribution in [0.15, 0.2) is 55.0 Å². The number of piperazine rings is 1. The zero-order valence-electron chi connectivity index (χ0n) is 15.5. The summed E-state index contributed by atoms with van der Waals surface area (Å²) < 4.78 is 15.4. The molecule has 2 aliphatic heterocycles. The van der Waals surface area contributed by atoms with Gasteiger partial charge >= 0.3 is 0 Å². The molecule has 0 saturated carbocycles. The third kappa shape index (κ3) is 2.67. The highest BCUT2D eigenvalue weighted by molar-refractivity contribution is 5.81. The number of rotatable bonds is 3. The summed E-state index contributed by atoms with van der Waals surface area (Å²) in [6, 6.07) is 13.2. The maximum Gasteiger partial charge on any atom is 0.168 e. The molecule has 0 unspecified atom stereocenters. The van der Waals surface area contributed by atoms with Crippen LogP contribution >= 0.6 is 0 Å². The molecule has 8 heteroatoms. The van der Waals surface area contributed by atoms with E-state index in [-0.39, 0.29) is 5.82 Å². The number of aromatic nitrogens is 5. The summed E-state index contributed by atoms with van der Waals surface area (Å²) in [5.74, 6) is 2.02. The molecule has 2 aliphatic rings. The number of fused-ring (bicyclic) bond motifs is 3. The van der Waals surface area contributed by atoms with Gasteiger partial charge in [0, 0.05) is 36.9 Å². The monoisotopic (exact) mass is 387 g/mol. The van der Waals surface area contributed by atoms with Crippen molar-refractivity contribution in [2.24, 2.45) is 0 Å². The van der Waals surface area contributed by atoms with Crippen LogP contribution in [0.25, 0.3) is 28.4 Å². The number of nitrogens with zero attached hydrogens (tertiary/aromatic N) is 6. The van der Waals surface area contributed by atoms with Gasteiger partial charge in [0.15, 0.2) is 5.65 Å². The molecule has 1 N–H and O–H groups in total. The number of benzene rings is 1. The number of hydrogen-bond acceptors (Lipinski definition) is 6. The second-order valence-electron chi connectivity index (χ2n) is 7.50. The Hall–Kier alpha value is -3.39. The van der Waals surface area contributed by atoms with E-state index in [9.17, 15) is 4.39 Å².